The van der Waals surface area contributed by atoms with Crippen LogP contribution in [0, 0.1) is 0 Å². The van der Waals surface area contributed by atoms with Gasteiger partial charge in [-0.3, -0.25) is 4.79 Å². The summed E-state index contributed by atoms with van der Waals surface area (Å²) in [5.41, 5.74) is 0. The molecule has 1 fully saturated rings. The van der Waals surface area contributed by atoms with Gasteiger partial charge in [0.2, 0.25) is 6.29 Å². The van der Waals surface area contributed by atoms with E-state index in [1.165, 1.54) is 0 Å². The van der Waals surface area contributed by atoms with Crippen LogP contribution in [0.15, 0.2) is 0 Å². The SMILES string of the molecule is O=COC1O[C@H](C(=O)O)C[C@H](O)[C@H]1O. The predicted molar refractivity (Wildman–Crippen MR) is 40.1 cm³/mol. The zero-order valence-electron chi connectivity index (χ0n) is 7.07. The molecule has 0 amide bonds. The molecule has 0 saturated carbocycles. The van der Waals surface area contributed by atoms with Crippen molar-refractivity contribution in [1.82, 2.24) is 0 Å². The summed E-state index contributed by atoms with van der Waals surface area (Å²) in [6.45, 7) is 0.0187. The van der Waals surface area contributed by atoms with Crippen LogP contribution in [0.25, 0.3) is 0 Å². The van der Waals surface area contributed by atoms with Gasteiger partial charge in [0, 0.05) is 6.42 Å². The van der Waals surface area contributed by atoms with E-state index in [9.17, 15) is 19.8 Å². The highest BCUT2D eigenvalue weighted by atomic mass is 16.7. The monoisotopic (exact) mass is 206 g/mol. The summed E-state index contributed by atoms with van der Waals surface area (Å²) < 4.78 is 8.98. The maximum absolute atomic E-state index is 10.5. The van der Waals surface area contributed by atoms with Crippen molar-refractivity contribution in [2.75, 3.05) is 0 Å². The second-order valence-electron chi connectivity index (χ2n) is 2.86. The Bertz CT molecular complexity index is 228. The lowest BCUT2D eigenvalue weighted by Crippen LogP contribution is -2.51. The molecular formula is C7H10O7. The van der Waals surface area contributed by atoms with Gasteiger partial charge in [0.1, 0.15) is 6.10 Å². The Balaban J connectivity index is 2.65. The Labute approximate surface area is 78.9 Å². The van der Waals surface area contributed by atoms with Gasteiger partial charge in [0.05, 0.1) is 6.10 Å². The Morgan fingerprint density at radius 2 is 2.14 bits per heavy atom. The lowest BCUT2D eigenvalue weighted by Gasteiger charge is -2.33. The van der Waals surface area contributed by atoms with Gasteiger partial charge in [0.15, 0.2) is 6.10 Å². The first-order valence-corrected chi connectivity index (χ1v) is 3.89. The van der Waals surface area contributed by atoms with Crippen LogP contribution in [0.4, 0.5) is 0 Å². The van der Waals surface area contributed by atoms with E-state index in [-0.39, 0.29) is 12.9 Å². The molecule has 0 bridgehead atoms. The number of rotatable bonds is 3. The van der Waals surface area contributed by atoms with Crippen LogP contribution in [0.3, 0.4) is 0 Å². The van der Waals surface area contributed by atoms with Crippen LogP contribution in [-0.4, -0.2) is 52.4 Å². The van der Waals surface area contributed by atoms with Crippen molar-refractivity contribution in [3.63, 3.8) is 0 Å². The van der Waals surface area contributed by atoms with Crippen molar-refractivity contribution in [2.45, 2.75) is 31.0 Å². The van der Waals surface area contributed by atoms with Crippen LogP contribution in [0.1, 0.15) is 6.42 Å². The van der Waals surface area contributed by atoms with Crippen LogP contribution in [0.5, 0.6) is 0 Å². The molecule has 7 heteroatoms. The van der Waals surface area contributed by atoms with E-state index in [0.717, 1.165) is 0 Å². The molecule has 3 N–H and O–H groups in total. The van der Waals surface area contributed by atoms with Crippen molar-refractivity contribution < 1.29 is 34.4 Å². The van der Waals surface area contributed by atoms with E-state index in [2.05, 4.69) is 4.74 Å². The third-order valence-corrected chi connectivity index (χ3v) is 1.89. The number of carbonyl (C=O) groups is 2. The molecule has 0 aliphatic carbocycles. The minimum absolute atomic E-state index is 0.0187. The summed E-state index contributed by atoms with van der Waals surface area (Å²) in [5.74, 6) is -1.28. The zero-order chi connectivity index (χ0) is 10.7. The number of aliphatic hydroxyl groups excluding tert-OH is 2. The highest BCUT2D eigenvalue weighted by Gasteiger charge is 2.40. The number of aliphatic hydroxyl groups is 2. The average molecular weight is 206 g/mol. The molecule has 1 rings (SSSR count). The highest BCUT2D eigenvalue weighted by Crippen LogP contribution is 2.20. The Hall–Kier alpha value is -1.18. The quantitative estimate of drug-likeness (QED) is 0.461. The number of carboxylic acids is 1. The van der Waals surface area contributed by atoms with E-state index in [1.807, 2.05) is 0 Å². The minimum atomic E-state index is -1.43. The van der Waals surface area contributed by atoms with Crippen LogP contribution >= 0.6 is 0 Å². The number of ether oxygens (including phenoxy) is 2. The fourth-order valence-electron chi connectivity index (χ4n) is 1.16. The second-order valence-corrected chi connectivity index (χ2v) is 2.86. The molecule has 1 aliphatic rings. The van der Waals surface area contributed by atoms with E-state index < -0.39 is 30.6 Å². The molecule has 80 valence electrons. The summed E-state index contributed by atoms with van der Waals surface area (Å²) in [5, 5.41) is 27.0. The fraction of sp³-hybridized carbons (Fsp3) is 0.714. The normalized spacial score (nSPS) is 37.6. The van der Waals surface area contributed by atoms with Crippen molar-refractivity contribution in [3.8, 4) is 0 Å². The molecule has 0 aromatic heterocycles. The lowest BCUT2D eigenvalue weighted by molar-refractivity contribution is -0.253. The Morgan fingerprint density at radius 1 is 1.50 bits per heavy atom. The summed E-state index contributed by atoms with van der Waals surface area (Å²) in [4.78, 5) is 20.5. The van der Waals surface area contributed by atoms with E-state index in [4.69, 9.17) is 9.84 Å². The maximum atomic E-state index is 10.5. The largest absolute Gasteiger partial charge is 0.479 e. The summed E-state index contributed by atoms with van der Waals surface area (Å²) in [6, 6.07) is 0. The van der Waals surface area contributed by atoms with Gasteiger partial charge in [-0.25, -0.2) is 4.79 Å². The molecule has 0 aromatic carbocycles. The summed E-state index contributed by atoms with van der Waals surface area (Å²) in [7, 11) is 0. The second kappa shape index (κ2) is 4.36. The maximum Gasteiger partial charge on any atom is 0.333 e. The van der Waals surface area contributed by atoms with Crippen LogP contribution in [-0.2, 0) is 19.1 Å². The standard InChI is InChI=1S/C7H10O7/c8-2-13-7-5(10)3(9)1-4(14-7)6(11)12/h2-5,7,9-10H,1H2,(H,11,12)/t3-,4-,5+,7?/m0/s1. The molecule has 1 aliphatic heterocycles. The van der Waals surface area contributed by atoms with Gasteiger partial charge < -0.3 is 24.8 Å². The summed E-state index contributed by atoms with van der Waals surface area (Å²) in [6.07, 6.45) is -5.66. The molecule has 4 atom stereocenters. The molecule has 14 heavy (non-hydrogen) atoms. The van der Waals surface area contributed by atoms with Crippen molar-refractivity contribution in [1.29, 1.82) is 0 Å². The first-order chi connectivity index (χ1) is 6.56. The van der Waals surface area contributed by atoms with Gasteiger partial charge in [-0.05, 0) is 0 Å². The van der Waals surface area contributed by atoms with E-state index in [1.54, 1.807) is 0 Å². The molecular weight excluding hydrogens is 196 g/mol. The van der Waals surface area contributed by atoms with Gasteiger partial charge in [0.25, 0.3) is 6.47 Å². The molecule has 0 aromatic rings. The molecule has 0 spiro atoms. The van der Waals surface area contributed by atoms with Crippen LogP contribution in [0.2, 0.25) is 0 Å². The number of carboxylic acid groups (broad SMARTS) is 1. The molecule has 7 nitrogen and oxygen atoms in total. The average Bonchev–Trinajstić information content (AvgIpc) is 2.12. The predicted octanol–water partition coefficient (Wildman–Crippen LogP) is -1.92. The third kappa shape index (κ3) is 2.19. The molecule has 1 unspecified atom stereocenters. The van der Waals surface area contributed by atoms with Gasteiger partial charge in [-0.1, -0.05) is 0 Å². The first-order valence-electron chi connectivity index (χ1n) is 3.89. The molecule has 1 saturated heterocycles. The van der Waals surface area contributed by atoms with Crippen molar-refractivity contribution >= 4 is 12.4 Å². The topological polar surface area (TPSA) is 113 Å². The number of hydrogen-bond acceptors (Lipinski definition) is 6. The third-order valence-electron chi connectivity index (χ3n) is 1.89. The molecule has 1 heterocycles. The lowest BCUT2D eigenvalue weighted by atomic mass is 10.0. The fourth-order valence-corrected chi connectivity index (χ4v) is 1.16. The zero-order valence-corrected chi connectivity index (χ0v) is 7.07. The van der Waals surface area contributed by atoms with Crippen LogP contribution < -0.4 is 0 Å². The first kappa shape index (κ1) is 10.9. The van der Waals surface area contributed by atoms with Gasteiger partial charge in [-0.15, -0.1) is 0 Å². The van der Waals surface area contributed by atoms with Gasteiger partial charge in [-0.2, -0.15) is 0 Å². The number of hydrogen-bond donors (Lipinski definition) is 3. The minimum Gasteiger partial charge on any atom is -0.479 e. The van der Waals surface area contributed by atoms with Crippen molar-refractivity contribution in [2.24, 2.45) is 0 Å². The van der Waals surface area contributed by atoms with E-state index >= 15 is 0 Å². The Kier molecular flexibility index (Phi) is 3.39. The number of aliphatic carboxylic acids is 1. The van der Waals surface area contributed by atoms with E-state index in [0.29, 0.717) is 0 Å². The number of carbonyl (C=O) groups excluding carboxylic acids is 1. The van der Waals surface area contributed by atoms with Crippen molar-refractivity contribution in [3.05, 3.63) is 0 Å². The summed E-state index contributed by atoms with van der Waals surface area (Å²) >= 11 is 0. The smallest absolute Gasteiger partial charge is 0.333 e. The molecule has 0 radical (unpaired) electrons. The Morgan fingerprint density at radius 3 is 2.64 bits per heavy atom. The van der Waals surface area contributed by atoms with Gasteiger partial charge >= 0.3 is 5.97 Å². The highest BCUT2D eigenvalue weighted by molar-refractivity contribution is 5.72.